The predicted octanol–water partition coefficient (Wildman–Crippen LogP) is 2.22. The summed E-state index contributed by atoms with van der Waals surface area (Å²) in [7, 11) is 0. The van der Waals surface area contributed by atoms with E-state index >= 15 is 0 Å². The molecule has 0 saturated carbocycles. The number of pyridine rings is 1. The van der Waals surface area contributed by atoms with Gasteiger partial charge in [-0.2, -0.15) is 0 Å². The number of hydrogen-bond donors (Lipinski definition) is 2. The second-order valence-corrected chi connectivity index (χ2v) is 3.77. The Kier molecular flexibility index (Phi) is 3.05. The topological polar surface area (TPSA) is 68.0 Å². The maximum absolute atomic E-state index is 12.0. The molecule has 1 heterocycles. The normalized spacial score (nSPS) is 9.94. The van der Waals surface area contributed by atoms with Crippen molar-refractivity contribution in [3.63, 3.8) is 0 Å². The average molecular weight is 227 g/mol. The Morgan fingerprint density at radius 1 is 1.35 bits per heavy atom. The van der Waals surface area contributed by atoms with Crippen LogP contribution in [0.3, 0.4) is 0 Å². The van der Waals surface area contributed by atoms with E-state index < -0.39 is 0 Å². The molecule has 0 aliphatic rings. The Bertz CT molecular complexity index is 538. The van der Waals surface area contributed by atoms with Crippen molar-refractivity contribution < 1.29 is 4.79 Å². The van der Waals surface area contributed by atoms with Gasteiger partial charge < -0.3 is 11.1 Å². The molecular weight excluding hydrogens is 214 g/mol. The summed E-state index contributed by atoms with van der Waals surface area (Å²) in [6, 6.07) is 8.77. The zero-order chi connectivity index (χ0) is 12.3. The minimum absolute atomic E-state index is 0.157. The van der Waals surface area contributed by atoms with E-state index in [0.717, 1.165) is 5.56 Å². The highest BCUT2D eigenvalue weighted by molar-refractivity contribution is 6.05. The molecule has 0 radical (unpaired) electrons. The number of amides is 1. The third-order valence-corrected chi connectivity index (χ3v) is 2.41. The quantitative estimate of drug-likeness (QED) is 0.773. The lowest BCUT2D eigenvalue weighted by Crippen LogP contribution is -2.13. The van der Waals surface area contributed by atoms with E-state index in [4.69, 9.17) is 5.73 Å². The van der Waals surface area contributed by atoms with Crippen molar-refractivity contribution >= 4 is 17.3 Å². The SMILES string of the molecule is Cc1cc(N)ccc1C(=O)Nc1cccnc1. The lowest BCUT2D eigenvalue weighted by atomic mass is 10.1. The second-order valence-electron chi connectivity index (χ2n) is 3.77. The number of nitrogens with two attached hydrogens (primary N) is 1. The van der Waals surface area contributed by atoms with Crippen LogP contribution in [0.4, 0.5) is 11.4 Å². The number of benzene rings is 1. The van der Waals surface area contributed by atoms with Crippen molar-refractivity contribution in [2.24, 2.45) is 0 Å². The minimum Gasteiger partial charge on any atom is -0.399 e. The van der Waals surface area contributed by atoms with Gasteiger partial charge in [0.15, 0.2) is 0 Å². The van der Waals surface area contributed by atoms with E-state index in [1.165, 1.54) is 0 Å². The third-order valence-electron chi connectivity index (χ3n) is 2.41. The van der Waals surface area contributed by atoms with E-state index in [0.29, 0.717) is 16.9 Å². The molecular formula is C13H13N3O. The summed E-state index contributed by atoms with van der Waals surface area (Å²) in [6.07, 6.45) is 3.26. The molecule has 1 aromatic heterocycles. The average Bonchev–Trinajstić information content (AvgIpc) is 2.30. The summed E-state index contributed by atoms with van der Waals surface area (Å²) in [5.74, 6) is -0.157. The van der Waals surface area contributed by atoms with Crippen LogP contribution < -0.4 is 11.1 Å². The van der Waals surface area contributed by atoms with Crippen molar-refractivity contribution in [2.75, 3.05) is 11.1 Å². The molecule has 0 aliphatic carbocycles. The third kappa shape index (κ3) is 2.60. The summed E-state index contributed by atoms with van der Waals surface area (Å²) in [5.41, 5.74) is 8.43. The Morgan fingerprint density at radius 2 is 2.18 bits per heavy atom. The van der Waals surface area contributed by atoms with E-state index in [2.05, 4.69) is 10.3 Å². The number of carbonyl (C=O) groups excluding carboxylic acids is 1. The van der Waals surface area contributed by atoms with Gasteiger partial charge in [0.2, 0.25) is 0 Å². The molecule has 2 aromatic rings. The summed E-state index contributed by atoms with van der Waals surface area (Å²) in [6.45, 7) is 1.86. The van der Waals surface area contributed by atoms with Gasteiger partial charge in [-0.05, 0) is 42.8 Å². The first kappa shape index (κ1) is 11.1. The van der Waals surface area contributed by atoms with Gasteiger partial charge in [0, 0.05) is 17.4 Å². The number of nitrogen functional groups attached to an aromatic ring is 1. The van der Waals surface area contributed by atoms with E-state index in [1.807, 2.05) is 6.92 Å². The molecule has 3 N–H and O–H groups in total. The summed E-state index contributed by atoms with van der Waals surface area (Å²) in [4.78, 5) is 15.9. The molecule has 0 spiro atoms. The van der Waals surface area contributed by atoms with Crippen LogP contribution in [0, 0.1) is 6.92 Å². The van der Waals surface area contributed by atoms with E-state index in [-0.39, 0.29) is 5.91 Å². The number of hydrogen-bond acceptors (Lipinski definition) is 3. The zero-order valence-electron chi connectivity index (χ0n) is 9.47. The molecule has 0 atom stereocenters. The lowest BCUT2D eigenvalue weighted by Gasteiger charge is -2.07. The van der Waals surface area contributed by atoms with Crippen molar-refractivity contribution in [1.29, 1.82) is 0 Å². The van der Waals surface area contributed by atoms with E-state index in [9.17, 15) is 4.79 Å². The number of aromatic nitrogens is 1. The lowest BCUT2D eigenvalue weighted by molar-refractivity contribution is 0.102. The minimum atomic E-state index is -0.157. The van der Waals surface area contributed by atoms with Gasteiger partial charge in [0.1, 0.15) is 0 Å². The highest BCUT2D eigenvalue weighted by atomic mass is 16.1. The monoisotopic (exact) mass is 227 g/mol. The van der Waals surface area contributed by atoms with Crippen LogP contribution in [-0.2, 0) is 0 Å². The molecule has 86 valence electrons. The fourth-order valence-corrected chi connectivity index (χ4v) is 1.58. The molecule has 0 unspecified atom stereocenters. The van der Waals surface area contributed by atoms with Crippen LogP contribution in [0.5, 0.6) is 0 Å². The maximum Gasteiger partial charge on any atom is 0.255 e. The van der Waals surface area contributed by atoms with Crippen LogP contribution >= 0.6 is 0 Å². The van der Waals surface area contributed by atoms with Crippen LogP contribution in [0.15, 0.2) is 42.7 Å². The van der Waals surface area contributed by atoms with Gasteiger partial charge in [-0.25, -0.2) is 0 Å². The number of nitrogens with zero attached hydrogens (tertiary/aromatic N) is 1. The molecule has 0 aliphatic heterocycles. The smallest absolute Gasteiger partial charge is 0.255 e. The molecule has 4 nitrogen and oxygen atoms in total. The first-order valence-electron chi connectivity index (χ1n) is 5.24. The van der Waals surface area contributed by atoms with Gasteiger partial charge in [0.25, 0.3) is 5.91 Å². The predicted molar refractivity (Wildman–Crippen MR) is 67.8 cm³/mol. The number of nitrogens with one attached hydrogen (secondary N) is 1. The number of rotatable bonds is 2. The Morgan fingerprint density at radius 3 is 2.82 bits per heavy atom. The van der Waals surface area contributed by atoms with Crippen LogP contribution in [0.1, 0.15) is 15.9 Å². The van der Waals surface area contributed by atoms with Gasteiger partial charge in [-0.15, -0.1) is 0 Å². The second kappa shape index (κ2) is 4.65. The fourth-order valence-electron chi connectivity index (χ4n) is 1.58. The highest BCUT2D eigenvalue weighted by Crippen LogP contribution is 2.14. The molecule has 17 heavy (non-hydrogen) atoms. The Hall–Kier alpha value is -2.36. The van der Waals surface area contributed by atoms with Crippen molar-refractivity contribution in [3.8, 4) is 0 Å². The molecule has 1 aromatic carbocycles. The van der Waals surface area contributed by atoms with Gasteiger partial charge in [-0.1, -0.05) is 0 Å². The first-order chi connectivity index (χ1) is 8.16. The van der Waals surface area contributed by atoms with Gasteiger partial charge >= 0.3 is 0 Å². The molecule has 2 rings (SSSR count). The standard InChI is InChI=1S/C13H13N3O/c1-9-7-10(14)4-5-12(9)13(17)16-11-3-2-6-15-8-11/h2-8H,14H2,1H3,(H,16,17). The summed E-state index contributed by atoms with van der Waals surface area (Å²) < 4.78 is 0. The van der Waals surface area contributed by atoms with E-state index in [1.54, 1.807) is 42.7 Å². The number of anilines is 2. The van der Waals surface area contributed by atoms with Crippen LogP contribution in [-0.4, -0.2) is 10.9 Å². The van der Waals surface area contributed by atoms with Crippen LogP contribution in [0.25, 0.3) is 0 Å². The van der Waals surface area contributed by atoms with Crippen LogP contribution in [0.2, 0.25) is 0 Å². The van der Waals surface area contributed by atoms with Gasteiger partial charge in [-0.3, -0.25) is 9.78 Å². The number of carbonyl (C=O) groups is 1. The summed E-state index contributed by atoms with van der Waals surface area (Å²) >= 11 is 0. The molecule has 0 saturated heterocycles. The molecule has 4 heteroatoms. The molecule has 0 bridgehead atoms. The summed E-state index contributed by atoms with van der Waals surface area (Å²) in [5, 5.41) is 2.78. The Balaban J connectivity index is 2.21. The Labute approximate surface area is 99.5 Å². The maximum atomic E-state index is 12.0. The number of aryl methyl sites for hydroxylation is 1. The first-order valence-corrected chi connectivity index (χ1v) is 5.24. The van der Waals surface area contributed by atoms with Crippen molar-refractivity contribution in [1.82, 2.24) is 4.98 Å². The molecule has 0 fully saturated rings. The zero-order valence-corrected chi connectivity index (χ0v) is 9.47. The fraction of sp³-hybridized carbons (Fsp3) is 0.0769. The largest absolute Gasteiger partial charge is 0.399 e. The molecule has 1 amide bonds. The van der Waals surface area contributed by atoms with Crippen molar-refractivity contribution in [3.05, 3.63) is 53.9 Å². The highest BCUT2D eigenvalue weighted by Gasteiger charge is 2.09. The van der Waals surface area contributed by atoms with Gasteiger partial charge in [0.05, 0.1) is 11.9 Å². The van der Waals surface area contributed by atoms with Crippen molar-refractivity contribution in [2.45, 2.75) is 6.92 Å².